The van der Waals surface area contributed by atoms with E-state index in [0.29, 0.717) is 0 Å². The molecule has 18 heavy (non-hydrogen) atoms. The Labute approximate surface area is 99.8 Å². The number of aromatic nitrogens is 1. The summed E-state index contributed by atoms with van der Waals surface area (Å²) in [6, 6.07) is 5.49. The maximum atomic E-state index is 12.6. The van der Waals surface area contributed by atoms with Crippen molar-refractivity contribution in [3.8, 4) is 11.5 Å². The predicted molar refractivity (Wildman–Crippen MR) is 55.7 cm³/mol. The van der Waals surface area contributed by atoms with Crippen LogP contribution >= 0.6 is 0 Å². The molecule has 1 aromatic carbocycles. The van der Waals surface area contributed by atoms with Crippen LogP contribution in [0.25, 0.3) is 0 Å². The average Bonchev–Trinajstić information content (AvgIpc) is 2.31. The molecule has 0 fully saturated rings. The summed E-state index contributed by atoms with van der Waals surface area (Å²) in [5, 5.41) is 0. The van der Waals surface area contributed by atoms with Gasteiger partial charge >= 0.3 is 6.18 Å². The zero-order chi connectivity index (χ0) is 13.2. The Bertz CT molecular complexity index is 537. The molecule has 1 heterocycles. The molecule has 0 unspecified atom stereocenters. The third kappa shape index (κ3) is 2.77. The number of hydrogen-bond acceptors (Lipinski definition) is 2. The smallest absolute Gasteiger partial charge is 0.420 e. The second-order valence-electron chi connectivity index (χ2n) is 3.43. The van der Waals surface area contributed by atoms with E-state index in [1.54, 1.807) is 0 Å². The van der Waals surface area contributed by atoms with Gasteiger partial charge in [-0.2, -0.15) is 13.2 Å². The average molecular weight is 257 g/mol. The van der Waals surface area contributed by atoms with Gasteiger partial charge in [-0.05, 0) is 30.3 Å². The van der Waals surface area contributed by atoms with Crippen LogP contribution in [0.4, 0.5) is 17.6 Å². The fourth-order valence-corrected chi connectivity index (χ4v) is 1.33. The molecule has 0 spiro atoms. The van der Waals surface area contributed by atoms with Crippen molar-refractivity contribution < 1.29 is 22.3 Å². The van der Waals surface area contributed by atoms with Crippen LogP contribution in [0.15, 0.2) is 42.7 Å². The molecule has 2 aromatic rings. The van der Waals surface area contributed by atoms with Gasteiger partial charge < -0.3 is 4.74 Å². The van der Waals surface area contributed by atoms with Crippen LogP contribution < -0.4 is 4.74 Å². The van der Waals surface area contributed by atoms with Crippen LogP contribution in [0.5, 0.6) is 11.5 Å². The fraction of sp³-hybridized carbons (Fsp3) is 0.0833. The van der Waals surface area contributed by atoms with Crippen molar-refractivity contribution in [1.82, 2.24) is 4.98 Å². The SMILES string of the molecule is Fc1ccc(Oc2cnccc2C(F)(F)F)cc1. The maximum Gasteiger partial charge on any atom is 0.420 e. The van der Waals surface area contributed by atoms with E-state index in [1.807, 2.05) is 0 Å². The fourth-order valence-electron chi connectivity index (χ4n) is 1.33. The standard InChI is InChI=1S/C12H7F4NO/c13-8-1-3-9(4-2-8)18-11-7-17-6-5-10(11)12(14,15)16/h1-7H. The van der Waals surface area contributed by atoms with Crippen molar-refractivity contribution >= 4 is 0 Å². The lowest BCUT2D eigenvalue weighted by molar-refractivity contribution is -0.138. The van der Waals surface area contributed by atoms with E-state index in [0.717, 1.165) is 30.6 Å². The summed E-state index contributed by atoms with van der Waals surface area (Å²) in [5.74, 6) is -0.809. The van der Waals surface area contributed by atoms with Gasteiger partial charge in [0.1, 0.15) is 17.1 Å². The van der Waals surface area contributed by atoms with Gasteiger partial charge in [0, 0.05) is 6.20 Å². The summed E-state index contributed by atoms with van der Waals surface area (Å²) >= 11 is 0. The minimum Gasteiger partial charge on any atom is -0.455 e. The normalized spacial score (nSPS) is 11.3. The molecule has 94 valence electrons. The van der Waals surface area contributed by atoms with Crippen molar-refractivity contribution in [2.45, 2.75) is 6.18 Å². The first-order chi connectivity index (χ1) is 8.47. The number of ether oxygens (including phenoxy) is 1. The number of alkyl halides is 3. The van der Waals surface area contributed by atoms with Crippen LogP contribution in [0.3, 0.4) is 0 Å². The number of rotatable bonds is 2. The van der Waals surface area contributed by atoms with E-state index in [2.05, 4.69) is 4.98 Å². The number of pyridine rings is 1. The molecule has 0 aliphatic carbocycles. The van der Waals surface area contributed by atoms with E-state index in [9.17, 15) is 17.6 Å². The number of nitrogens with zero attached hydrogens (tertiary/aromatic N) is 1. The van der Waals surface area contributed by atoms with E-state index in [1.165, 1.54) is 12.1 Å². The minimum atomic E-state index is -4.53. The Balaban J connectivity index is 2.32. The molecule has 0 saturated carbocycles. The van der Waals surface area contributed by atoms with Crippen molar-refractivity contribution in [1.29, 1.82) is 0 Å². The van der Waals surface area contributed by atoms with Gasteiger partial charge in [0.2, 0.25) is 0 Å². The Hall–Kier alpha value is -2.11. The summed E-state index contributed by atoms with van der Waals surface area (Å²) in [6.07, 6.45) is -2.54. The molecule has 0 saturated heterocycles. The molecule has 2 nitrogen and oxygen atoms in total. The number of benzene rings is 1. The topological polar surface area (TPSA) is 22.1 Å². The lowest BCUT2D eigenvalue weighted by atomic mass is 10.2. The Morgan fingerprint density at radius 3 is 2.28 bits per heavy atom. The molecule has 0 radical (unpaired) electrons. The zero-order valence-electron chi connectivity index (χ0n) is 8.91. The second kappa shape index (κ2) is 4.64. The highest BCUT2D eigenvalue weighted by molar-refractivity contribution is 5.37. The third-order valence-electron chi connectivity index (χ3n) is 2.13. The largest absolute Gasteiger partial charge is 0.455 e. The summed E-state index contributed by atoms with van der Waals surface area (Å²) in [7, 11) is 0. The van der Waals surface area contributed by atoms with Crippen LogP contribution in [-0.2, 0) is 6.18 Å². The van der Waals surface area contributed by atoms with Gasteiger partial charge in [-0.15, -0.1) is 0 Å². The molecule has 2 rings (SSSR count). The lowest BCUT2D eigenvalue weighted by Crippen LogP contribution is -2.07. The molecule has 0 aliphatic rings. The number of hydrogen-bond donors (Lipinski definition) is 0. The Morgan fingerprint density at radius 2 is 1.67 bits per heavy atom. The molecule has 0 bridgehead atoms. The first-order valence-corrected chi connectivity index (χ1v) is 4.91. The van der Waals surface area contributed by atoms with E-state index in [-0.39, 0.29) is 5.75 Å². The van der Waals surface area contributed by atoms with Crippen molar-refractivity contribution in [3.05, 3.63) is 54.1 Å². The van der Waals surface area contributed by atoms with E-state index >= 15 is 0 Å². The molecule has 6 heteroatoms. The van der Waals surface area contributed by atoms with Crippen molar-refractivity contribution in [2.75, 3.05) is 0 Å². The quantitative estimate of drug-likeness (QED) is 0.758. The predicted octanol–water partition coefficient (Wildman–Crippen LogP) is 4.03. The van der Waals surface area contributed by atoms with Gasteiger partial charge in [-0.25, -0.2) is 4.39 Å². The van der Waals surface area contributed by atoms with Crippen LogP contribution in [0, 0.1) is 5.82 Å². The zero-order valence-corrected chi connectivity index (χ0v) is 8.91. The second-order valence-corrected chi connectivity index (χ2v) is 3.43. The molecule has 0 amide bonds. The number of halogens is 4. The maximum absolute atomic E-state index is 12.6. The van der Waals surface area contributed by atoms with E-state index in [4.69, 9.17) is 4.74 Å². The monoisotopic (exact) mass is 257 g/mol. The molecule has 0 N–H and O–H groups in total. The summed E-state index contributed by atoms with van der Waals surface area (Å²) in [4.78, 5) is 3.57. The highest BCUT2D eigenvalue weighted by Gasteiger charge is 2.34. The van der Waals surface area contributed by atoms with Crippen LogP contribution in [-0.4, -0.2) is 4.98 Å². The summed E-state index contributed by atoms with van der Waals surface area (Å²) in [6.45, 7) is 0. The van der Waals surface area contributed by atoms with Gasteiger partial charge in [-0.1, -0.05) is 0 Å². The van der Waals surface area contributed by atoms with Crippen molar-refractivity contribution in [2.24, 2.45) is 0 Å². The molecule has 1 aromatic heterocycles. The highest BCUT2D eigenvalue weighted by atomic mass is 19.4. The Morgan fingerprint density at radius 1 is 1.00 bits per heavy atom. The summed E-state index contributed by atoms with van der Waals surface area (Å²) < 4.78 is 55.6. The first-order valence-electron chi connectivity index (χ1n) is 4.91. The molecule has 0 aliphatic heterocycles. The summed E-state index contributed by atoms with van der Waals surface area (Å²) in [5.41, 5.74) is -0.929. The van der Waals surface area contributed by atoms with Crippen LogP contribution in [0.1, 0.15) is 5.56 Å². The minimum absolute atomic E-state index is 0.106. The lowest BCUT2D eigenvalue weighted by Gasteiger charge is -2.12. The van der Waals surface area contributed by atoms with Gasteiger partial charge in [0.25, 0.3) is 0 Å². The molecular weight excluding hydrogens is 250 g/mol. The first kappa shape index (κ1) is 12.3. The highest BCUT2D eigenvalue weighted by Crippen LogP contribution is 2.37. The molecular formula is C12H7F4NO. The van der Waals surface area contributed by atoms with Crippen molar-refractivity contribution in [3.63, 3.8) is 0 Å². The Kier molecular flexibility index (Phi) is 3.18. The van der Waals surface area contributed by atoms with Gasteiger partial charge in [0.15, 0.2) is 5.75 Å². The van der Waals surface area contributed by atoms with Gasteiger partial charge in [-0.3, -0.25) is 4.98 Å². The van der Waals surface area contributed by atoms with Crippen LogP contribution in [0.2, 0.25) is 0 Å². The van der Waals surface area contributed by atoms with E-state index < -0.39 is 23.3 Å². The molecule has 0 atom stereocenters. The third-order valence-corrected chi connectivity index (χ3v) is 2.13. The van der Waals surface area contributed by atoms with Gasteiger partial charge in [0.05, 0.1) is 6.20 Å².